The summed E-state index contributed by atoms with van der Waals surface area (Å²) in [6.45, 7) is 0.712. The zero-order chi connectivity index (χ0) is 23.0. The lowest BCUT2D eigenvalue weighted by molar-refractivity contribution is -0.121. The van der Waals surface area contributed by atoms with Crippen molar-refractivity contribution in [3.63, 3.8) is 0 Å². The number of amides is 2. The summed E-state index contributed by atoms with van der Waals surface area (Å²) in [5.41, 5.74) is -1.36. The number of halogens is 4. The summed E-state index contributed by atoms with van der Waals surface area (Å²) in [6.07, 6.45) is 0. The Bertz CT molecular complexity index is 1030. The van der Waals surface area contributed by atoms with Gasteiger partial charge in [0.05, 0.1) is 11.4 Å². The number of carbonyl (C=O) groups is 2. The van der Waals surface area contributed by atoms with Crippen molar-refractivity contribution in [3.05, 3.63) is 59.7 Å². The van der Waals surface area contributed by atoms with Crippen LogP contribution in [0.5, 0.6) is 5.75 Å². The second kappa shape index (κ2) is 8.01. The van der Waals surface area contributed by atoms with Crippen molar-refractivity contribution in [2.75, 3.05) is 5.01 Å². The van der Waals surface area contributed by atoms with E-state index in [9.17, 15) is 27.2 Å². The van der Waals surface area contributed by atoms with E-state index in [1.165, 1.54) is 56.3 Å². The van der Waals surface area contributed by atoms with Gasteiger partial charge in [-0.15, -0.1) is 0 Å². The van der Waals surface area contributed by atoms with E-state index >= 15 is 0 Å². The Kier molecular flexibility index (Phi) is 5.75. The third-order valence-electron chi connectivity index (χ3n) is 4.90. The maximum absolute atomic E-state index is 13.6. The molecule has 1 atom stereocenters. The number of hydrazone groups is 1. The van der Waals surface area contributed by atoms with Gasteiger partial charge in [0, 0.05) is 18.1 Å². The lowest BCUT2D eigenvalue weighted by Gasteiger charge is -2.25. The molecular formula is C21H19F4N3O3. The predicted molar refractivity (Wildman–Crippen MR) is 106 cm³/mol. The maximum Gasteiger partial charge on any atom is 0.387 e. The van der Waals surface area contributed by atoms with Gasteiger partial charge in [-0.2, -0.15) is 18.9 Å². The first kappa shape index (κ1) is 22.3. The monoisotopic (exact) mass is 437 g/mol. The summed E-state index contributed by atoms with van der Waals surface area (Å²) in [4.78, 5) is 25.7. The number of ether oxygens (including phenoxy) is 1. The third kappa shape index (κ3) is 4.52. The van der Waals surface area contributed by atoms with Crippen LogP contribution in [-0.2, 0) is 10.7 Å². The topological polar surface area (TPSA) is 71.0 Å². The van der Waals surface area contributed by atoms with Gasteiger partial charge < -0.3 is 10.1 Å². The van der Waals surface area contributed by atoms with E-state index in [0.29, 0.717) is 0 Å². The van der Waals surface area contributed by atoms with Crippen molar-refractivity contribution in [1.82, 2.24) is 5.32 Å². The summed E-state index contributed by atoms with van der Waals surface area (Å²) in [5.74, 6) is -4.54. The molecule has 0 saturated carbocycles. The Morgan fingerprint density at radius 3 is 2.42 bits per heavy atom. The van der Waals surface area contributed by atoms with E-state index in [0.717, 1.165) is 18.0 Å². The average molecular weight is 437 g/mol. The van der Waals surface area contributed by atoms with E-state index in [1.54, 1.807) is 0 Å². The van der Waals surface area contributed by atoms with Crippen molar-refractivity contribution >= 4 is 23.2 Å². The third-order valence-corrected chi connectivity index (χ3v) is 4.90. The second-order valence-corrected chi connectivity index (χ2v) is 7.22. The number of alkyl halides is 4. The van der Waals surface area contributed by atoms with Crippen LogP contribution in [0, 0.1) is 0 Å². The molecule has 0 aromatic heterocycles. The Morgan fingerprint density at radius 1 is 1.19 bits per heavy atom. The number of benzene rings is 2. The van der Waals surface area contributed by atoms with Gasteiger partial charge in [0.2, 0.25) is 0 Å². The smallest absolute Gasteiger partial charge is 0.387 e. The van der Waals surface area contributed by atoms with Gasteiger partial charge in [-0.05, 0) is 50.2 Å². The van der Waals surface area contributed by atoms with Gasteiger partial charge in [-0.3, -0.25) is 9.59 Å². The van der Waals surface area contributed by atoms with Crippen molar-refractivity contribution in [1.29, 1.82) is 0 Å². The fraction of sp³-hybridized carbons (Fsp3) is 0.286. The minimum atomic E-state index is -3.13. The highest BCUT2D eigenvalue weighted by Crippen LogP contribution is 2.30. The molecule has 2 aromatic carbocycles. The van der Waals surface area contributed by atoms with Crippen LogP contribution in [0.1, 0.15) is 36.7 Å². The van der Waals surface area contributed by atoms with Crippen LogP contribution in [0.2, 0.25) is 0 Å². The summed E-state index contributed by atoms with van der Waals surface area (Å²) in [7, 11) is 0. The molecule has 0 radical (unpaired) electrons. The molecular weight excluding hydrogens is 418 g/mol. The van der Waals surface area contributed by atoms with Gasteiger partial charge in [0.25, 0.3) is 17.7 Å². The molecule has 10 heteroatoms. The second-order valence-electron chi connectivity index (χ2n) is 7.22. The summed E-state index contributed by atoms with van der Waals surface area (Å²) >= 11 is 0. The first-order chi connectivity index (χ1) is 14.4. The number of carbonyl (C=O) groups excluding carboxylic acids is 2. The highest BCUT2D eigenvalue weighted by atomic mass is 19.3. The number of nitrogens with one attached hydrogen (secondary N) is 1. The van der Waals surface area contributed by atoms with Gasteiger partial charge in [-0.1, -0.05) is 12.1 Å². The zero-order valence-electron chi connectivity index (χ0n) is 16.8. The van der Waals surface area contributed by atoms with Gasteiger partial charge >= 0.3 is 6.61 Å². The molecule has 0 aliphatic carbocycles. The highest BCUT2D eigenvalue weighted by Gasteiger charge is 2.47. The zero-order valence-corrected chi connectivity index (χ0v) is 16.8. The van der Waals surface area contributed by atoms with Gasteiger partial charge in [0.15, 0.2) is 5.54 Å². The molecule has 1 aliphatic rings. The highest BCUT2D eigenvalue weighted by molar-refractivity contribution is 6.24. The molecule has 2 aromatic rings. The average Bonchev–Trinajstić information content (AvgIpc) is 2.91. The number of nitrogens with zero attached hydrogens (tertiary/aromatic N) is 2. The van der Waals surface area contributed by atoms with Crippen molar-refractivity contribution in [2.45, 2.75) is 38.8 Å². The Hall–Kier alpha value is -3.43. The molecule has 0 bridgehead atoms. The molecule has 1 unspecified atom stereocenters. The standard InChI is InChI=1S/C21H19F4N3O3/c1-12-20(2,26-17(29)13-5-4-6-14(11-13)21(3,24)25)18(30)28(27-12)15-7-9-16(10-8-15)31-19(22)23/h4-11,19H,1-3H3,(H,26,29). The van der Waals surface area contributed by atoms with Crippen molar-refractivity contribution in [3.8, 4) is 5.75 Å². The van der Waals surface area contributed by atoms with Crippen LogP contribution < -0.4 is 15.1 Å². The van der Waals surface area contributed by atoms with E-state index in [-0.39, 0.29) is 28.3 Å². The maximum atomic E-state index is 13.6. The molecule has 3 rings (SSSR count). The van der Waals surface area contributed by atoms with E-state index in [4.69, 9.17) is 0 Å². The molecule has 164 valence electrons. The fourth-order valence-electron chi connectivity index (χ4n) is 2.98. The minimum Gasteiger partial charge on any atom is -0.435 e. The SMILES string of the molecule is CC1=NN(c2ccc(OC(F)F)cc2)C(=O)C1(C)NC(=O)c1cccc(C(C)(F)F)c1. The number of anilines is 1. The summed E-state index contributed by atoms with van der Waals surface area (Å²) in [5, 5.41) is 7.75. The molecule has 31 heavy (non-hydrogen) atoms. The van der Waals surface area contributed by atoms with Gasteiger partial charge in [-0.25, -0.2) is 8.78 Å². The van der Waals surface area contributed by atoms with Crippen LogP contribution in [0.15, 0.2) is 53.6 Å². The van der Waals surface area contributed by atoms with Crippen LogP contribution in [0.25, 0.3) is 0 Å². The van der Waals surface area contributed by atoms with Crippen LogP contribution >= 0.6 is 0 Å². The minimum absolute atomic E-state index is 0.0344. The quantitative estimate of drug-likeness (QED) is 0.685. The fourth-order valence-corrected chi connectivity index (χ4v) is 2.98. The lowest BCUT2D eigenvalue weighted by atomic mass is 9.95. The summed E-state index contributed by atoms with van der Waals surface area (Å²) in [6, 6.07) is 10.2. The van der Waals surface area contributed by atoms with Crippen molar-refractivity contribution < 1.29 is 31.9 Å². The Labute approximate surface area is 175 Å². The van der Waals surface area contributed by atoms with Crippen LogP contribution in [-0.4, -0.2) is 29.7 Å². The molecule has 1 aliphatic heterocycles. The molecule has 1 heterocycles. The molecule has 1 N–H and O–H groups in total. The summed E-state index contributed by atoms with van der Waals surface area (Å²) < 4.78 is 56.0. The first-order valence-corrected chi connectivity index (χ1v) is 9.18. The largest absolute Gasteiger partial charge is 0.435 e. The molecule has 6 nitrogen and oxygen atoms in total. The van der Waals surface area contributed by atoms with E-state index in [1.807, 2.05) is 0 Å². The Balaban J connectivity index is 1.81. The first-order valence-electron chi connectivity index (χ1n) is 9.18. The lowest BCUT2D eigenvalue weighted by Crippen LogP contribution is -2.56. The normalized spacial score (nSPS) is 18.9. The molecule has 0 spiro atoms. The number of rotatable bonds is 6. The van der Waals surface area contributed by atoms with Gasteiger partial charge in [0.1, 0.15) is 5.75 Å². The van der Waals surface area contributed by atoms with Crippen LogP contribution in [0.3, 0.4) is 0 Å². The number of hydrogen-bond acceptors (Lipinski definition) is 4. The van der Waals surface area contributed by atoms with Crippen molar-refractivity contribution in [2.24, 2.45) is 5.10 Å². The van der Waals surface area contributed by atoms with Crippen LogP contribution in [0.4, 0.5) is 23.2 Å². The Morgan fingerprint density at radius 2 is 1.84 bits per heavy atom. The predicted octanol–water partition coefficient (Wildman–Crippen LogP) is 4.31. The van der Waals surface area contributed by atoms with E-state index in [2.05, 4.69) is 15.2 Å². The molecule has 0 saturated heterocycles. The van der Waals surface area contributed by atoms with E-state index < -0.39 is 29.9 Å². The molecule has 2 amide bonds. The molecule has 0 fully saturated rings. The number of hydrogen-bond donors (Lipinski definition) is 1.